The molecule has 5 nitrogen and oxygen atoms in total. The van der Waals surface area contributed by atoms with Crippen molar-refractivity contribution in [2.75, 3.05) is 0 Å². The molecule has 0 spiro atoms. The van der Waals surface area contributed by atoms with Crippen LogP contribution in [0, 0.1) is 0 Å². The van der Waals surface area contributed by atoms with E-state index < -0.39 is 5.97 Å². The third-order valence-corrected chi connectivity index (χ3v) is 3.11. The van der Waals surface area contributed by atoms with Crippen LogP contribution in [-0.2, 0) is 17.8 Å². The van der Waals surface area contributed by atoms with Crippen LogP contribution in [0.4, 0.5) is 0 Å². The Morgan fingerprint density at radius 1 is 1.14 bits per heavy atom. The van der Waals surface area contributed by atoms with Crippen LogP contribution in [0.1, 0.15) is 21.5 Å². The molecule has 2 N–H and O–H groups in total. The van der Waals surface area contributed by atoms with Crippen molar-refractivity contribution in [1.82, 2.24) is 10.3 Å². The molecule has 6 heteroatoms. The van der Waals surface area contributed by atoms with E-state index in [-0.39, 0.29) is 18.9 Å². The lowest BCUT2D eigenvalue weighted by Crippen LogP contribution is -2.23. The molecule has 1 heterocycles. The number of carboxylic acids is 1. The minimum atomic E-state index is -0.907. The molecule has 1 aromatic carbocycles. The number of benzene rings is 1. The summed E-state index contributed by atoms with van der Waals surface area (Å²) in [5.41, 5.74) is 1.85. The molecule has 0 unspecified atom stereocenters. The standard InChI is InChI=1S/C15H13ClN2O3/c16-13-6-5-12(9-17-13)15(21)18-8-11-4-2-1-3-10(11)7-14(19)20/h1-6,9H,7-8H2,(H,18,21)(H,19,20). The van der Waals surface area contributed by atoms with E-state index in [2.05, 4.69) is 10.3 Å². The average Bonchev–Trinajstić information content (AvgIpc) is 2.46. The maximum absolute atomic E-state index is 12.0. The summed E-state index contributed by atoms with van der Waals surface area (Å²) in [7, 11) is 0. The average molecular weight is 305 g/mol. The molecule has 0 atom stereocenters. The minimum Gasteiger partial charge on any atom is -0.481 e. The van der Waals surface area contributed by atoms with E-state index in [0.717, 1.165) is 5.56 Å². The summed E-state index contributed by atoms with van der Waals surface area (Å²) in [6.45, 7) is 0.255. The van der Waals surface area contributed by atoms with E-state index in [1.54, 1.807) is 30.3 Å². The van der Waals surface area contributed by atoms with Crippen LogP contribution in [0.15, 0.2) is 42.6 Å². The van der Waals surface area contributed by atoms with E-state index in [1.807, 2.05) is 0 Å². The second kappa shape index (κ2) is 6.85. The van der Waals surface area contributed by atoms with Crippen molar-refractivity contribution in [2.45, 2.75) is 13.0 Å². The maximum atomic E-state index is 12.0. The van der Waals surface area contributed by atoms with E-state index in [9.17, 15) is 9.59 Å². The van der Waals surface area contributed by atoms with Gasteiger partial charge in [0.1, 0.15) is 5.15 Å². The molecule has 21 heavy (non-hydrogen) atoms. The second-order valence-corrected chi connectivity index (χ2v) is 4.78. The first-order valence-corrected chi connectivity index (χ1v) is 6.62. The number of hydrogen-bond donors (Lipinski definition) is 2. The Morgan fingerprint density at radius 3 is 2.48 bits per heavy atom. The fraction of sp³-hybridized carbons (Fsp3) is 0.133. The summed E-state index contributed by atoms with van der Waals surface area (Å²) in [5.74, 6) is -1.19. The Hall–Kier alpha value is -2.40. The first-order chi connectivity index (χ1) is 10.1. The number of nitrogens with one attached hydrogen (secondary N) is 1. The first kappa shape index (κ1) is 15.0. The first-order valence-electron chi connectivity index (χ1n) is 6.24. The molecule has 2 rings (SSSR count). The van der Waals surface area contributed by atoms with Gasteiger partial charge in [0.05, 0.1) is 12.0 Å². The van der Waals surface area contributed by atoms with E-state index >= 15 is 0 Å². The van der Waals surface area contributed by atoms with Gasteiger partial charge in [-0.05, 0) is 23.3 Å². The third kappa shape index (κ3) is 4.29. The predicted molar refractivity (Wildman–Crippen MR) is 78.2 cm³/mol. The molecule has 1 aromatic heterocycles. The Bertz CT molecular complexity index is 656. The van der Waals surface area contributed by atoms with Gasteiger partial charge >= 0.3 is 5.97 Å². The van der Waals surface area contributed by atoms with Crippen molar-refractivity contribution < 1.29 is 14.7 Å². The van der Waals surface area contributed by atoms with Crippen molar-refractivity contribution in [3.8, 4) is 0 Å². The SMILES string of the molecule is O=C(O)Cc1ccccc1CNC(=O)c1ccc(Cl)nc1. The number of rotatable bonds is 5. The number of pyridine rings is 1. The number of carbonyl (C=O) groups excluding carboxylic acids is 1. The van der Waals surface area contributed by atoms with Crippen LogP contribution in [0.2, 0.25) is 5.15 Å². The quantitative estimate of drug-likeness (QED) is 0.831. The summed E-state index contributed by atoms with van der Waals surface area (Å²) in [6, 6.07) is 10.2. The smallest absolute Gasteiger partial charge is 0.307 e. The van der Waals surface area contributed by atoms with Crippen molar-refractivity contribution in [1.29, 1.82) is 0 Å². The molecule has 108 valence electrons. The van der Waals surface area contributed by atoms with E-state index in [0.29, 0.717) is 16.3 Å². The summed E-state index contributed by atoms with van der Waals surface area (Å²) >= 11 is 5.66. The lowest BCUT2D eigenvalue weighted by Gasteiger charge is -2.09. The van der Waals surface area contributed by atoms with Crippen LogP contribution in [0.25, 0.3) is 0 Å². The van der Waals surface area contributed by atoms with E-state index in [4.69, 9.17) is 16.7 Å². The molecule has 0 aliphatic rings. The van der Waals surface area contributed by atoms with Gasteiger partial charge in [-0.2, -0.15) is 0 Å². The molecule has 2 aromatic rings. The number of amides is 1. The zero-order valence-corrected chi connectivity index (χ0v) is 11.8. The van der Waals surface area contributed by atoms with Gasteiger partial charge in [0.25, 0.3) is 5.91 Å². The van der Waals surface area contributed by atoms with Crippen LogP contribution >= 0.6 is 11.6 Å². The minimum absolute atomic E-state index is 0.0749. The number of hydrogen-bond acceptors (Lipinski definition) is 3. The van der Waals surface area contributed by atoms with Crippen molar-refractivity contribution >= 4 is 23.5 Å². The van der Waals surface area contributed by atoms with E-state index in [1.165, 1.54) is 12.3 Å². The number of aromatic nitrogens is 1. The topological polar surface area (TPSA) is 79.3 Å². The zero-order valence-electron chi connectivity index (χ0n) is 11.0. The van der Waals surface area contributed by atoms with Crippen LogP contribution in [-0.4, -0.2) is 22.0 Å². The summed E-state index contributed by atoms with van der Waals surface area (Å²) in [4.78, 5) is 26.6. The molecule has 0 saturated carbocycles. The van der Waals surface area contributed by atoms with Crippen LogP contribution < -0.4 is 5.32 Å². The highest BCUT2D eigenvalue weighted by molar-refractivity contribution is 6.29. The van der Waals surface area contributed by atoms with Gasteiger partial charge in [-0.3, -0.25) is 9.59 Å². The fourth-order valence-electron chi connectivity index (χ4n) is 1.85. The Balaban J connectivity index is 2.04. The normalized spacial score (nSPS) is 10.1. The Morgan fingerprint density at radius 2 is 1.86 bits per heavy atom. The highest BCUT2D eigenvalue weighted by Crippen LogP contribution is 2.10. The molecule has 0 aliphatic carbocycles. The number of halogens is 1. The van der Waals surface area contributed by atoms with Crippen LogP contribution in [0.3, 0.4) is 0 Å². The molecular weight excluding hydrogens is 292 g/mol. The van der Waals surface area contributed by atoms with Gasteiger partial charge in [-0.15, -0.1) is 0 Å². The Kier molecular flexibility index (Phi) is 4.90. The molecule has 0 saturated heterocycles. The molecule has 0 aliphatic heterocycles. The zero-order chi connectivity index (χ0) is 15.2. The summed E-state index contributed by atoms with van der Waals surface area (Å²) < 4.78 is 0. The Labute approximate surface area is 126 Å². The van der Waals surface area contributed by atoms with Crippen molar-refractivity contribution in [3.05, 3.63) is 64.4 Å². The van der Waals surface area contributed by atoms with Crippen molar-refractivity contribution in [2.24, 2.45) is 0 Å². The summed E-state index contributed by atoms with van der Waals surface area (Å²) in [5, 5.41) is 11.9. The van der Waals surface area contributed by atoms with Gasteiger partial charge in [0, 0.05) is 12.7 Å². The van der Waals surface area contributed by atoms with Gasteiger partial charge in [-0.1, -0.05) is 35.9 Å². The van der Waals surface area contributed by atoms with Gasteiger partial charge in [0.2, 0.25) is 0 Å². The number of carbonyl (C=O) groups is 2. The lowest BCUT2D eigenvalue weighted by atomic mass is 10.0. The molecule has 0 bridgehead atoms. The predicted octanol–water partition coefficient (Wildman–Crippen LogP) is 2.29. The highest BCUT2D eigenvalue weighted by atomic mass is 35.5. The fourth-order valence-corrected chi connectivity index (χ4v) is 1.96. The molecule has 1 amide bonds. The number of nitrogens with zero attached hydrogens (tertiary/aromatic N) is 1. The molecule has 0 radical (unpaired) electrons. The second-order valence-electron chi connectivity index (χ2n) is 4.39. The van der Waals surface area contributed by atoms with Gasteiger partial charge in [0.15, 0.2) is 0 Å². The van der Waals surface area contributed by atoms with Gasteiger partial charge < -0.3 is 10.4 Å². The largest absolute Gasteiger partial charge is 0.481 e. The number of aliphatic carboxylic acids is 1. The number of carboxylic acid groups (broad SMARTS) is 1. The summed E-state index contributed by atoms with van der Waals surface area (Å²) in [6.07, 6.45) is 1.31. The molecule has 0 fully saturated rings. The van der Waals surface area contributed by atoms with Crippen LogP contribution in [0.5, 0.6) is 0 Å². The monoisotopic (exact) mass is 304 g/mol. The van der Waals surface area contributed by atoms with Crippen molar-refractivity contribution in [3.63, 3.8) is 0 Å². The lowest BCUT2D eigenvalue weighted by molar-refractivity contribution is -0.136. The van der Waals surface area contributed by atoms with Gasteiger partial charge in [-0.25, -0.2) is 4.98 Å². The maximum Gasteiger partial charge on any atom is 0.307 e. The highest BCUT2D eigenvalue weighted by Gasteiger charge is 2.09. The molecular formula is C15H13ClN2O3. The third-order valence-electron chi connectivity index (χ3n) is 2.89.